The van der Waals surface area contributed by atoms with Crippen LogP contribution in [0.2, 0.25) is 0 Å². The minimum atomic E-state index is 0.590. The van der Waals surface area contributed by atoms with Gasteiger partial charge in [-0.2, -0.15) is 10.1 Å². The van der Waals surface area contributed by atoms with Gasteiger partial charge >= 0.3 is 0 Å². The molecule has 0 fully saturated rings. The minimum absolute atomic E-state index is 0.590. The first kappa shape index (κ1) is 17.2. The lowest BCUT2D eigenvalue weighted by Gasteiger charge is -2.13. The second-order valence-electron chi connectivity index (χ2n) is 6.14. The van der Waals surface area contributed by atoms with E-state index in [-0.39, 0.29) is 0 Å². The normalized spacial score (nSPS) is 11.2. The Bertz CT molecular complexity index is 803. The monoisotopic (exact) mass is 341 g/mol. The maximum Gasteiger partial charge on any atom is 0.241 e. The highest BCUT2D eigenvalue weighted by Crippen LogP contribution is 2.20. The Labute approximate surface area is 147 Å². The second-order valence-corrected chi connectivity index (χ2v) is 6.14. The van der Waals surface area contributed by atoms with Crippen LogP contribution in [0.1, 0.15) is 22.8 Å². The van der Waals surface area contributed by atoms with Gasteiger partial charge in [0, 0.05) is 17.8 Å². The average molecular weight is 341 g/mol. The van der Waals surface area contributed by atoms with Crippen molar-refractivity contribution in [2.45, 2.75) is 26.8 Å². The number of hydrogen-bond acceptors (Lipinski definition) is 6. The van der Waals surface area contributed by atoms with E-state index in [9.17, 15) is 0 Å². The summed E-state index contributed by atoms with van der Waals surface area (Å²) in [6.07, 6.45) is 0.935. The molecule has 2 heterocycles. The van der Waals surface area contributed by atoms with E-state index in [0.29, 0.717) is 18.3 Å². The summed E-state index contributed by atoms with van der Waals surface area (Å²) in [5.74, 6) is 2.00. The van der Waals surface area contributed by atoms with Gasteiger partial charge in [0.2, 0.25) is 11.7 Å². The van der Waals surface area contributed by atoms with E-state index < -0.39 is 0 Å². The maximum absolute atomic E-state index is 5.38. The van der Waals surface area contributed by atoms with Crippen LogP contribution in [0, 0.1) is 13.8 Å². The molecule has 0 saturated carbocycles. The molecule has 0 amide bonds. The highest BCUT2D eigenvalue weighted by Gasteiger charge is 2.12. The van der Waals surface area contributed by atoms with Gasteiger partial charge in [-0.15, -0.1) is 0 Å². The van der Waals surface area contributed by atoms with Gasteiger partial charge in [0.25, 0.3) is 0 Å². The van der Waals surface area contributed by atoms with Crippen LogP contribution in [0.5, 0.6) is 5.75 Å². The van der Waals surface area contributed by atoms with Crippen molar-refractivity contribution < 1.29 is 9.26 Å². The predicted molar refractivity (Wildman–Crippen MR) is 94.4 cm³/mol. The third-order valence-electron chi connectivity index (χ3n) is 4.25. The van der Waals surface area contributed by atoms with Crippen molar-refractivity contribution in [1.29, 1.82) is 0 Å². The number of rotatable bonds is 7. The van der Waals surface area contributed by atoms with Crippen LogP contribution in [0.25, 0.3) is 11.4 Å². The molecular formula is C18H23N5O2. The number of aromatic amines is 1. The van der Waals surface area contributed by atoms with Crippen molar-refractivity contribution in [3.63, 3.8) is 0 Å². The van der Waals surface area contributed by atoms with Crippen molar-refractivity contribution in [2.24, 2.45) is 0 Å². The molecule has 0 aliphatic rings. The quantitative estimate of drug-likeness (QED) is 0.712. The number of nitrogens with zero attached hydrogens (tertiary/aromatic N) is 4. The Balaban J connectivity index is 1.58. The van der Waals surface area contributed by atoms with Crippen LogP contribution in [-0.4, -0.2) is 45.9 Å². The number of ether oxygens (including phenoxy) is 1. The zero-order valence-electron chi connectivity index (χ0n) is 15.0. The van der Waals surface area contributed by atoms with Crippen molar-refractivity contribution >= 4 is 0 Å². The molecular weight excluding hydrogens is 318 g/mol. The van der Waals surface area contributed by atoms with Crippen molar-refractivity contribution in [3.8, 4) is 17.1 Å². The van der Waals surface area contributed by atoms with Gasteiger partial charge in [-0.3, -0.25) is 10.00 Å². The van der Waals surface area contributed by atoms with Crippen molar-refractivity contribution in [3.05, 3.63) is 47.1 Å². The molecule has 0 aliphatic carbocycles. The lowest BCUT2D eigenvalue weighted by molar-refractivity contribution is 0.269. The van der Waals surface area contributed by atoms with Crippen LogP contribution >= 0.6 is 0 Å². The van der Waals surface area contributed by atoms with Crippen LogP contribution in [-0.2, 0) is 13.0 Å². The second kappa shape index (κ2) is 7.48. The highest BCUT2D eigenvalue weighted by molar-refractivity contribution is 5.55. The van der Waals surface area contributed by atoms with Crippen molar-refractivity contribution in [2.75, 3.05) is 20.7 Å². The van der Waals surface area contributed by atoms with Gasteiger partial charge in [-0.25, -0.2) is 0 Å². The molecule has 0 aliphatic heterocycles. The van der Waals surface area contributed by atoms with Crippen molar-refractivity contribution in [1.82, 2.24) is 25.2 Å². The van der Waals surface area contributed by atoms with Gasteiger partial charge in [-0.05, 0) is 57.1 Å². The number of aromatic nitrogens is 4. The molecule has 0 unspecified atom stereocenters. The third-order valence-corrected chi connectivity index (χ3v) is 4.25. The smallest absolute Gasteiger partial charge is 0.241 e. The Morgan fingerprint density at radius 3 is 2.60 bits per heavy atom. The number of H-pyrrole nitrogens is 1. The third kappa shape index (κ3) is 4.06. The van der Waals surface area contributed by atoms with Gasteiger partial charge < -0.3 is 9.26 Å². The molecule has 0 spiro atoms. The van der Waals surface area contributed by atoms with E-state index in [2.05, 4.69) is 32.2 Å². The zero-order valence-corrected chi connectivity index (χ0v) is 15.0. The maximum atomic E-state index is 5.38. The summed E-state index contributed by atoms with van der Waals surface area (Å²) in [6, 6.07) is 7.60. The minimum Gasteiger partial charge on any atom is -0.497 e. The number of nitrogens with one attached hydrogen (secondary N) is 1. The average Bonchev–Trinajstić information content (AvgIpc) is 3.20. The van der Waals surface area contributed by atoms with E-state index in [4.69, 9.17) is 9.26 Å². The summed E-state index contributed by atoms with van der Waals surface area (Å²) in [6.45, 7) is 5.58. The van der Waals surface area contributed by atoms with Gasteiger partial charge in [0.05, 0.1) is 19.3 Å². The first-order valence-electron chi connectivity index (χ1n) is 8.23. The Morgan fingerprint density at radius 2 is 1.96 bits per heavy atom. The molecule has 132 valence electrons. The molecule has 3 aromatic rings. The number of aryl methyl sites for hydroxylation is 2. The van der Waals surface area contributed by atoms with E-state index in [1.165, 1.54) is 5.56 Å². The standard InChI is InChI=1S/C18H23N5O2/c1-12-16(13(2)21-20-12)9-10-23(3)11-17-19-18(22-25-17)14-5-7-15(24-4)8-6-14/h5-8H,9-11H2,1-4H3,(H,20,21). The lowest BCUT2D eigenvalue weighted by atomic mass is 10.1. The highest BCUT2D eigenvalue weighted by atomic mass is 16.5. The summed E-state index contributed by atoms with van der Waals surface area (Å²) < 4.78 is 10.5. The van der Waals surface area contributed by atoms with Crippen LogP contribution < -0.4 is 4.74 Å². The summed E-state index contributed by atoms with van der Waals surface area (Å²) in [5.41, 5.74) is 4.37. The molecule has 1 N–H and O–H groups in total. The van der Waals surface area contributed by atoms with E-state index >= 15 is 0 Å². The first-order valence-corrected chi connectivity index (χ1v) is 8.23. The molecule has 25 heavy (non-hydrogen) atoms. The zero-order chi connectivity index (χ0) is 17.8. The van der Waals surface area contributed by atoms with E-state index in [0.717, 1.165) is 35.7 Å². The van der Waals surface area contributed by atoms with Gasteiger partial charge in [0.1, 0.15) is 5.75 Å². The fourth-order valence-electron chi connectivity index (χ4n) is 2.73. The molecule has 0 radical (unpaired) electrons. The summed E-state index contributed by atoms with van der Waals surface area (Å²) in [7, 11) is 3.69. The largest absolute Gasteiger partial charge is 0.497 e. The van der Waals surface area contributed by atoms with Gasteiger partial charge in [-0.1, -0.05) is 5.16 Å². The molecule has 2 aromatic heterocycles. The summed E-state index contributed by atoms with van der Waals surface area (Å²) >= 11 is 0. The Kier molecular flexibility index (Phi) is 5.14. The first-order chi connectivity index (χ1) is 12.1. The number of likely N-dealkylation sites (N-methyl/N-ethyl adjacent to an activating group) is 1. The van der Waals surface area contributed by atoms with E-state index in [1.54, 1.807) is 7.11 Å². The number of methoxy groups -OCH3 is 1. The molecule has 0 saturated heterocycles. The topological polar surface area (TPSA) is 80.1 Å². The fourth-order valence-corrected chi connectivity index (χ4v) is 2.73. The van der Waals surface area contributed by atoms with Crippen LogP contribution in [0.3, 0.4) is 0 Å². The SMILES string of the molecule is COc1ccc(-c2noc(CN(C)CCc3c(C)n[nH]c3C)n2)cc1. The van der Waals surface area contributed by atoms with E-state index in [1.807, 2.05) is 38.2 Å². The van der Waals surface area contributed by atoms with Crippen LogP contribution in [0.4, 0.5) is 0 Å². The molecule has 7 nitrogen and oxygen atoms in total. The number of benzene rings is 1. The Hall–Kier alpha value is -2.67. The molecule has 7 heteroatoms. The van der Waals surface area contributed by atoms with Gasteiger partial charge in [0.15, 0.2) is 0 Å². The molecule has 0 atom stereocenters. The lowest BCUT2D eigenvalue weighted by Crippen LogP contribution is -2.21. The summed E-state index contributed by atoms with van der Waals surface area (Å²) in [4.78, 5) is 6.64. The fraction of sp³-hybridized carbons (Fsp3) is 0.389. The molecule has 0 bridgehead atoms. The Morgan fingerprint density at radius 1 is 1.20 bits per heavy atom. The summed E-state index contributed by atoms with van der Waals surface area (Å²) in [5, 5.41) is 11.3. The molecule has 3 rings (SSSR count). The van der Waals surface area contributed by atoms with Crippen LogP contribution in [0.15, 0.2) is 28.8 Å². The number of hydrogen-bond donors (Lipinski definition) is 1. The molecule has 1 aromatic carbocycles. The predicted octanol–water partition coefficient (Wildman–Crippen LogP) is 2.76.